The van der Waals surface area contributed by atoms with Gasteiger partial charge in [-0.1, -0.05) is 12.6 Å². The molecule has 0 bridgehead atoms. The molecule has 154 valence electrons. The standard InChI is InChI=1S/C20H23Br2N5O2/c1-3-25-19(29)17(18(23)27-15-6-4-5-14(15)24-20(25)27)26(11(2)21)10-12-7-8-16(28)13(22)9-12/h7-9,14-15,28H,2-6,10,23H2,1H3/t14-,15+/m1/s1. The molecule has 7 nitrogen and oxygen atoms in total. The summed E-state index contributed by atoms with van der Waals surface area (Å²) >= 11 is 6.80. The number of rotatable bonds is 5. The number of nitrogens with zero attached hydrogens (tertiary/aromatic N) is 4. The number of hydrogen-bond acceptors (Lipinski definition) is 6. The maximum atomic E-state index is 13.4. The SMILES string of the molecule is C=C(Br)N(Cc1ccc(O)c(Br)c1)C1=C(N)N2C(=N[C@@H]3CCC[C@@H]32)N(CC)C1=O. The van der Waals surface area contributed by atoms with E-state index in [0.717, 1.165) is 24.8 Å². The molecule has 2 atom stereocenters. The smallest absolute Gasteiger partial charge is 0.281 e. The van der Waals surface area contributed by atoms with Crippen LogP contribution in [0.25, 0.3) is 0 Å². The largest absolute Gasteiger partial charge is 0.507 e. The molecule has 3 aliphatic rings. The second kappa shape index (κ2) is 7.68. The summed E-state index contributed by atoms with van der Waals surface area (Å²) in [4.78, 5) is 23.7. The average molecular weight is 525 g/mol. The number of aliphatic imine (C=N–C) groups is 1. The molecule has 2 aliphatic heterocycles. The number of carbonyl (C=O) groups is 1. The summed E-state index contributed by atoms with van der Waals surface area (Å²) in [6.45, 7) is 6.83. The van der Waals surface area contributed by atoms with Gasteiger partial charge in [-0.2, -0.15) is 0 Å². The van der Waals surface area contributed by atoms with Crippen LogP contribution in [-0.4, -0.2) is 50.3 Å². The fourth-order valence-electron chi connectivity index (χ4n) is 4.32. The van der Waals surface area contributed by atoms with Crippen LogP contribution in [0.1, 0.15) is 31.7 Å². The van der Waals surface area contributed by atoms with Gasteiger partial charge in [0, 0.05) is 13.1 Å². The molecular formula is C20H23Br2N5O2. The first-order chi connectivity index (χ1) is 13.8. The van der Waals surface area contributed by atoms with Gasteiger partial charge in [0.15, 0.2) is 0 Å². The van der Waals surface area contributed by atoms with Gasteiger partial charge in [-0.05, 0) is 75.7 Å². The molecule has 1 aromatic rings. The predicted octanol–water partition coefficient (Wildman–Crippen LogP) is 3.41. The Hall–Kier alpha value is -2.00. The van der Waals surface area contributed by atoms with Crippen LogP contribution in [-0.2, 0) is 11.3 Å². The molecule has 1 aromatic carbocycles. The van der Waals surface area contributed by atoms with E-state index in [1.807, 2.05) is 17.9 Å². The van der Waals surface area contributed by atoms with Gasteiger partial charge in [0.2, 0.25) is 5.96 Å². The molecule has 9 heteroatoms. The van der Waals surface area contributed by atoms with Crippen molar-refractivity contribution in [1.29, 1.82) is 0 Å². The van der Waals surface area contributed by atoms with E-state index in [1.54, 1.807) is 21.9 Å². The zero-order chi connectivity index (χ0) is 20.9. The van der Waals surface area contributed by atoms with E-state index in [-0.39, 0.29) is 23.7 Å². The highest BCUT2D eigenvalue weighted by atomic mass is 79.9. The Bertz CT molecular complexity index is 945. The average Bonchev–Trinajstić information content (AvgIpc) is 3.25. The summed E-state index contributed by atoms with van der Waals surface area (Å²) in [5.74, 6) is 1.07. The Morgan fingerprint density at radius 2 is 2.21 bits per heavy atom. The first kappa shape index (κ1) is 20.3. The third-order valence-electron chi connectivity index (χ3n) is 5.70. The number of hydrogen-bond donors (Lipinski definition) is 2. The van der Waals surface area contributed by atoms with E-state index in [4.69, 9.17) is 10.7 Å². The molecule has 0 spiro atoms. The van der Waals surface area contributed by atoms with Crippen molar-refractivity contribution in [2.45, 2.75) is 44.8 Å². The molecule has 1 aliphatic carbocycles. The van der Waals surface area contributed by atoms with Crippen molar-refractivity contribution in [2.75, 3.05) is 6.54 Å². The second-order valence-corrected chi connectivity index (χ2v) is 9.17. The summed E-state index contributed by atoms with van der Waals surface area (Å²) < 4.78 is 1.12. The summed E-state index contributed by atoms with van der Waals surface area (Å²) in [5.41, 5.74) is 7.89. The van der Waals surface area contributed by atoms with E-state index in [2.05, 4.69) is 38.4 Å². The van der Waals surface area contributed by atoms with Gasteiger partial charge < -0.3 is 15.7 Å². The maximum Gasteiger partial charge on any atom is 0.281 e. The lowest BCUT2D eigenvalue weighted by atomic mass is 10.1. The Balaban J connectivity index is 1.76. The molecule has 1 amide bonds. The number of carbonyl (C=O) groups excluding carboxylic acids is 1. The van der Waals surface area contributed by atoms with E-state index >= 15 is 0 Å². The van der Waals surface area contributed by atoms with Crippen LogP contribution >= 0.6 is 31.9 Å². The number of likely N-dealkylation sites (N-methyl/N-ethyl adjacent to an activating group) is 1. The summed E-state index contributed by atoms with van der Waals surface area (Å²) in [6.07, 6.45) is 3.15. The third kappa shape index (κ3) is 3.34. The number of aromatic hydroxyl groups is 1. The monoisotopic (exact) mass is 523 g/mol. The van der Waals surface area contributed by atoms with Gasteiger partial charge in [0.25, 0.3) is 5.91 Å². The lowest BCUT2D eigenvalue weighted by Crippen LogP contribution is -2.56. The van der Waals surface area contributed by atoms with E-state index < -0.39 is 0 Å². The number of guanidine groups is 1. The first-order valence-electron chi connectivity index (χ1n) is 9.61. The summed E-state index contributed by atoms with van der Waals surface area (Å²) in [7, 11) is 0. The number of halogens is 2. The number of nitrogens with two attached hydrogens (primary N) is 1. The van der Waals surface area contributed by atoms with E-state index in [1.165, 1.54) is 0 Å². The topological polar surface area (TPSA) is 85.4 Å². The molecule has 0 saturated heterocycles. The number of fused-ring (bicyclic) bond motifs is 3. The Morgan fingerprint density at radius 3 is 2.86 bits per heavy atom. The van der Waals surface area contributed by atoms with Gasteiger partial charge in [0.05, 0.1) is 21.2 Å². The molecular weight excluding hydrogens is 502 g/mol. The highest BCUT2D eigenvalue weighted by Gasteiger charge is 2.48. The predicted molar refractivity (Wildman–Crippen MR) is 119 cm³/mol. The van der Waals surface area contributed by atoms with Crippen molar-refractivity contribution in [1.82, 2.24) is 14.7 Å². The summed E-state index contributed by atoms with van der Waals surface area (Å²) in [5, 5.41) is 9.78. The molecule has 3 N–H and O–H groups in total. The van der Waals surface area contributed by atoms with Crippen LogP contribution in [0.4, 0.5) is 0 Å². The van der Waals surface area contributed by atoms with E-state index in [9.17, 15) is 9.90 Å². The van der Waals surface area contributed by atoms with Crippen LogP contribution in [0.15, 0.2) is 50.4 Å². The molecule has 4 rings (SSSR count). The van der Waals surface area contributed by atoms with Crippen molar-refractivity contribution in [2.24, 2.45) is 10.7 Å². The van der Waals surface area contributed by atoms with Crippen LogP contribution in [0.3, 0.4) is 0 Å². The van der Waals surface area contributed by atoms with Gasteiger partial charge in [-0.25, -0.2) is 4.99 Å². The van der Waals surface area contributed by atoms with Gasteiger partial charge in [-0.15, -0.1) is 0 Å². The van der Waals surface area contributed by atoms with Crippen molar-refractivity contribution in [3.63, 3.8) is 0 Å². The number of amides is 1. The summed E-state index contributed by atoms with van der Waals surface area (Å²) in [6, 6.07) is 5.63. The van der Waals surface area contributed by atoms with Gasteiger partial charge in [0.1, 0.15) is 17.3 Å². The number of benzene rings is 1. The molecule has 0 radical (unpaired) electrons. The first-order valence-corrected chi connectivity index (χ1v) is 11.2. The molecule has 1 saturated carbocycles. The lowest BCUT2D eigenvalue weighted by Gasteiger charge is -2.41. The van der Waals surface area contributed by atoms with Crippen molar-refractivity contribution < 1.29 is 9.90 Å². The molecule has 29 heavy (non-hydrogen) atoms. The highest BCUT2D eigenvalue weighted by Crippen LogP contribution is 2.39. The van der Waals surface area contributed by atoms with Gasteiger partial charge >= 0.3 is 0 Å². The van der Waals surface area contributed by atoms with Crippen molar-refractivity contribution in [3.05, 3.63) is 50.9 Å². The minimum atomic E-state index is -0.182. The number of phenols is 1. The number of phenolic OH excluding ortho intramolecular Hbond substituents is 1. The Labute approximate surface area is 186 Å². The van der Waals surface area contributed by atoms with Gasteiger partial charge in [-0.3, -0.25) is 14.6 Å². The van der Waals surface area contributed by atoms with Crippen LogP contribution < -0.4 is 5.73 Å². The minimum Gasteiger partial charge on any atom is -0.507 e. The molecule has 0 aromatic heterocycles. The highest BCUT2D eigenvalue weighted by molar-refractivity contribution is 9.11. The zero-order valence-corrected chi connectivity index (χ0v) is 19.3. The lowest BCUT2D eigenvalue weighted by molar-refractivity contribution is -0.126. The molecule has 1 fully saturated rings. The van der Waals surface area contributed by atoms with Crippen LogP contribution in [0.2, 0.25) is 0 Å². The fraction of sp³-hybridized carbons (Fsp3) is 0.400. The van der Waals surface area contributed by atoms with Crippen molar-refractivity contribution >= 4 is 43.7 Å². The Morgan fingerprint density at radius 1 is 1.45 bits per heavy atom. The second-order valence-electron chi connectivity index (χ2n) is 7.40. The minimum absolute atomic E-state index is 0.160. The Kier molecular flexibility index (Phi) is 5.37. The quantitative estimate of drug-likeness (QED) is 0.576. The molecule has 0 unspecified atom stereocenters. The third-order valence-corrected chi connectivity index (χ3v) is 6.76. The van der Waals surface area contributed by atoms with E-state index in [0.29, 0.717) is 39.6 Å². The fourth-order valence-corrected chi connectivity index (χ4v) is 5.05. The normalized spacial score (nSPS) is 23.3. The zero-order valence-electron chi connectivity index (χ0n) is 16.1. The van der Waals surface area contributed by atoms with Crippen molar-refractivity contribution in [3.8, 4) is 5.75 Å². The maximum absolute atomic E-state index is 13.4. The van der Waals surface area contributed by atoms with Crippen LogP contribution in [0.5, 0.6) is 5.75 Å². The van der Waals surface area contributed by atoms with Crippen LogP contribution in [0, 0.1) is 0 Å². The molecule has 2 heterocycles.